The number of ether oxygens (including phenoxy) is 7. The van der Waals surface area contributed by atoms with E-state index in [-0.39, 0.29) is 61.0 Å². The van der Waals surface area contributed by atoms with Crippen LogP contribution in [0.15, 0.2) is 59.8 Å². The normalized spacial score (nSPS) is 37.5. The lowest BCUT2D eigenvalue weighted by Crippen LogP contribution is -2.61. The molecule has 0 aromatic carbocycles. The van der Waals surface area contributed by atoms with Crippen molar-refractivity contribution < 1.29 is 62.5 Å². The number of Topliss-reactive ketones (excluding diaryl/α,β-unsaturated/α-hetero) is 2. The number of aliphatic hydroxyl groups excluding tert-OH is 1. The Morgan fingerprint density at radius 3 is 2.26 bits per heavy atom. The van der Waals surface area contributed by atoms with Crippen LogP contribution in [0.5, 0.6) is 0 Å². The first-order valence-corrected chi connectivity index (χ1v) is 31.0. The molecule has 3 heterocycles. The number of allylic oxidation sites excluding steroid dienone is 6. The van der Waals surface area contributed by atoms with Gasteiger partial charge in [-0.3, -0.25) is 14.4 Å². The third kappa shape index (κ3) is 18.3. The SMILES string of the molecule is C=C1[C@H](C)C[C@H](C)/C=C/C=C/C=C(\C)[C@@H](OC)C[C@@H]2CC[C@@H](C)[C@@](O)(O2)C(=O)C(=O)N2CCCC[C@H]2C(=O)O[C@H]([C@H](C)C[C@@H]2CC[C@@H](OCCOC[Si](C)(C)C)[C@H](OC)C2)CC(=O)[C@H](C)/C=C(\C)[C@@H](O)[C@H]1OC. The van der Waals surface area contributed by atoms with Crippen LogP contribution in [-0.2, 0) is 52.3 Å². The maximum Gasteiger partial charge on any atom is 0.329 e. The van der Waals surface area contributed by atoms with E-state index in [1.165, 1.54) is 4.90 Å². The zero-order chi connectivity index (χ0) is 54.2. The highest BCUT2D eigenvalue weighted by atomic mass is 28.3. The van der Waals surface area contributed by atoms with Gasteiger partial charge >= 0.3 is 5.97 Å². The third-order valence-corrected chi connectivity index (χ3v) is 16.9. The number of nitrogens with zero attached hydrogens (tertiary/aromatic N) is 1. The minimum Gasteiger partial charge on any atom is -0.460 e. The number of ketones is 2. The third-order valence-electron chi connectivity index (χ3n) is 15.8. The number of amides is 1. The van der Waals surface area contributed by atoms with Crippen molar-refractivity contribution in [3.8, 4) is 0 Å². The molecule has 0 aromatic rings. The van der Waals surface area contributed by atoms with Crippen molar-refractivity contribution in [2.45, 2.75) is 200 Å². The molecular formula is C58H95NO13Si. The number of hydrogen-bond acceptors (Lipinski definition) is 13. The van der Waals surface area contributed by atoms with Gasteiger partial charge in [-0.05, 0) is 118 Å². The zero-order valence-electron chi connectivity index (χ0n) is 46.9. The number of cyclic esters (lactones) is 1. The van der Waals surface area contributed by atoms with Crippen molar-refractivity contribution in [3.05, 3.63) is 59.8 Å². The molecule has 0 radical (unpaired) electrons. The van der Waals surface area contributed by atoms with E-state index in [0.717, 1.165) is 43.1 Å². The van der Waals surface area contributed by atoms with Crippen molar-refractivity contribution in [3.63, 3.8) is 0 Å². The summed E-state index contributed by atoms with van der Waals surface area (Å²) in [6, 6.07) is -1.11. The van der Waals surface area contributed by atoms with Crippen LogP contribution >= 0.6 is 0 Å². The Kier molecular flexibility index (Phi) is 25.1. The molecule has 15 heteroatoms. The standard InChI is InChI=1S/C58H95NO13Si/c1-37-20-16-15-17-21-38(2)50(66-9)34-46-25-23-43(7)58(65,72-46)55(62)56(63)59-27-19-18-22-47(59)57(64)71-51(35-48(60)40(4)31-42(6)53(61)54(68-11)44(8)39(3)30-37)41(5)32-45-24-26-49(52(33-45)67-10)70-29-28-69-36-73(12,13)14/h15-17,20-21,31,37,39-41,43,45-47,49-54,61,65H,8,18-19,22-30,32-36H2,1-7,9-14H3/b17-15+,20-16+,38-21+,42-31+/t37-,39-,40-,41-,43-,45+,46+,47+,49-,50+,51+,52-,53-,54+,58-/m1/s1. The predicted octanol–water partition coefficient (Wildman–Crippen LogP) is 9.09. The summed E-state index contributed by atoms with van der Waals surface area (Å²) in [6.45, 7) is 25.7. The van der Waals surface area contributed by atoms with Crippen molar-refractivity contribution in [1.82, 2.24) is 4.90 Å². The number of carbonyl (C=O) groups excluding carboxylic acids is 4. The second-order valence-electron chi connectivity index (χ2n) is 23.2. The lowest BCUT2D eigenvalue weighted by molar-refractivity contribution is -0.265. The zero-order valence-corrected chi connectivity index (χ0v) is 47.9. The first-order chi connectivity index (χ1) is 34.4. The smallest absolute Gasteiger partial charge is 0.329 e. The van der Waals surface area contributed by atoms with E-state index >= 15 is 0 Å². The topological polar surface area (TPSA) is 177 Å². The summed E-state index contributed by atoms with van der Waals surface area (Å²) in [6.07, 6.45) is 15.0. The Morgan fingerprint density at radius 2 is 1.59 bits per heavy atom. The van der Waals surface area contributed by atoms with Gasteiger partial charge in [-0.1, -0.05) is 97.3 Å². The van der Waals surface area contributed by atoms with E-state index in [1.807, 2.05) is 38.2 Å². The van der Waals surface area contributed by atoms with Gasteiger partial charge in [-0.15, -0.1) is 0 Å². The molecule has 414 valence electrons. The molecule has 14 nitrogen and oxygen atoms in total. The highest BCUT2D eigenvalue weighted by Gasteiger charge is 2.53. The molecule has 4 rings (SSSR count). The van der Waals surface area contributed by atoms with E-state index in [1.54, 1.807) is 48.2 Å². The summed E-state index contributed by atoms with van der Waals surface area (Å²) < 4.78 is 42.5. The molecule has 3 aliphatic heterocycles. The van der Waals surface area contributed by atoms with Gasteiger partial charge in [-0.25, -0.2) is 4.79 Å². The van der Waals surface area contributed by atoms with Gasteiger partial charge in [0.25, 0.3) is 11.7 Å². The van der Waals surface area contributed by atoms with Crippen LogP contribution in [0.1, 0.15) is 126 Å². The maximum atomic E-state index is 14.6. The summed E-state index contributed by atoms with van der Waals surface area (Å²) in [7, 11) is 3.52. The average molecular weight is 1040 g/mol. The van der Waals surface area contributed by atoms with Crippen molar-refractivity contribution in [2.24, 2.45) is 35.5 Å². The molecule has 0 unspecified atom stereocenters. The van der Waals surface area contributed by atoms with Crippen LogP contribution < -0.4 is 0 Å². The van der Waals surface area contributed by atoms with E-state index in [0.29, 0.717) is 57.3 Å². The second kappa shape index (κ2) is 29.4. The maximum absolute atomic E-state index is 14.6. The molecule has 4 aliphatic rings. The number of carbonyl (C=O) groups is 4. The Bertz CT molecular complexity index is 1940. The Hall–Kier alpha value is -3.12. The van der Waals surface area contributed by atoms with Crippen LogP contribution in [0.2, 0.25) is 19.6 Å². The van der Waals surface area contributed by atoms with Crippen molar-refractivity contribution >= 4 is 31.5 Å². The fourth-order valence-electron chi connectivity index (χ4n) is 11.0. The Morgan fingerprint density at radius 1 is 0.863 bits per heavy atom. The van der Waals surface area contributed by atoms with Crippen molar-refractivity contribution in [1.29, 1.82) is 0 Å². The molecule has 1 saturated carbocycles. The van der Waals surface area contributed by atoms with Gasteiger partial charge in [-0.2, -0.15) is 0 Å². The van der Waals surface area contributed by atoms with Crippen LogP contribution in [0.3, 0.4) is 0 Å². The van der Waals surface area contributed by atoms with E-state index in [4.69, 9.17) is 33.2 Å². The molecular weight excluding hydrogens is 947 g/mol. The van der Waals surface area contributed by atoms with Crippen LogP contribution in [0, 0.1) is 35.5 Å². The molecule has 2 bridgehead atoms. The summed E-state index contributed by atoms with van der Waals surface area (Å²) in [5.41, 5.74) is 2.22. The first kappa shape index (κ1) is 62.4. The number of aliphatic hydroxyl groups is 2. The molecule has 0 aromatic heterocycles. The summed E-state index contributed by atoms with van der Waals surface area (Å²) in [5.74, 6) is -6.69. The summed E-state index contributed by atoms with van der Waals surface area (Å²) in [5, 5.41) is 23.7. The number of rotatable bonds is 12. The number of fused-ring (bicyclic) bond motifs is 3. The van der Waals surface area contributed by atoms with Gasteiger partial charge in [0.2, 0.25) is 5.79 Å². The first-order valence-electron chi connectivity index (χ1n) is 27.3. The van der Waals surface area contributed by atoms with E-state index < -0.39 is 79.9 Å². The molecule has 1 aliphatic carbocycles. The largest absolute Gasteiger partial charge is 0.460 e. The van der Waals surface area contributed by atoms with E-state index in [2.05, 4.69) is 46.1 Å². The number of hydrogen-bond donors (Lipinski definition) is 2. The summed E-state index contributed by atoms with van der Waals surface area (Å²) >= 11 is 0. The van der Waals surface area contributed by atoms with Gasteiger partial charge in [0.15, 0.2) is 0 Å². The lowest BCUT2D eigenvalue weighted by Gasteiger charge is -2.42. The molecule has 3 fully saturated rings. The molecule has 15 atom stereocenters. The lowest BCUT2D eigenvalue weighted by atomic mass is 9.78. The van der Waals surface area contributed by atoms with Gasteiger partial charge in [0, 0.05) is 58.8 Å². The van der Waals surface area contributed by atoms with Gasteiger partial charge in [0.05, 0.1) is 45.7 Å². The minimum atomic E-state index is -2.41. The molecule has 73 heavy (non-hydrogen) atoms. The van der Waals surface area contributed by atoms with Gasteiger partial charge < -0.3 is 48.3 Å². The number of methoxy groups -OCH3 is 3. The van der Waals surface area contributed by atoms with Crippen LogP contribution in [0.4, 0.5) is 0 Å². The van der Waals surface area contributed by atoms with Crippen molar-refractivity contribution in [2.75, 3.05) is 47.3 Å². The highest BCUT2D eigenvalue weighted by Crippen LogP contribution is 2.38. The minimum absolute atomic E-state index is 0.00181. The molecule has 0 spiro atoms. The fourth-order valence-corrected chi connectivity index (χ4v) is 11.8. The Balaban J connectivity index is 1.66. The van der Waals surface area contributed by atoms with Crippen LogP contribution in [-0.4, -0.2) is 149 Å². The fraction of sp³-hybridized carbons (Fsp3) is 0.759. The van der Waals surface area contributed by atoms with Crippen LogP contribution in [0.25, 0.3) is 0 Å². The monoisotopic (exact) mass is 1040 g/mol. The molecule has 2 N–H and O–H groups in total. The van der Waals surface area contributed by atoms with E-state index in [9.17, 15) is 29.4 Å². The number of piperidine rings is 1. The highest BCUT2D eigenvalue weighted by molar-refractivity contribution is 6.76. The van der Waals surface area contributed by atoms with Gasteiger partial charge in [0.1, 0.15) is 30.1 Å². The molecule has 1 amide bonds. The summed E-state index contributed by atoms with van der Waals surface area (Å²) in [4.78, 5) is 58.9. The quantitative estimate of drug-likeness (QED) is 0.0623. The number of esters is 1. The predicted molar refractivity (Wildman–Crippen MR) is 287 cm³/mol. The second-order valence-corrected chi connectivity index (χ2v) is 28.6. The average Bonchev–Trinajstić information content (AvgIpc) is 3.35. The Labute approximate surface area is 439 Å². The molecule has 2 saturated heterocycles.